The van der Waals surface area contributed by atoms with Crippen LogP contribution in [-0.2, 0) is 0 Å². The van der Waals surface area contributed by atoms with Crippen LogP contribution in [0.3, 0.4) is 0 Å². The summed E-state index contributed by atoms with van der Waals surface area (Å²) < 4.78 is 5.92. The third-order valence-corrected chi connectivity index (χ3v) is 5.44. The van der Waals surface area contributed by atoms with Crippen molar-refractivity contribution in [2.24, 2.45) is 0 Å². The number of hydrogen-bond acceptors (Lipinski definition) is 4. The van der Waals surface area contributed by atoms with Gasteiger partial charge in [0.2, 0.25) is 0 Å². The number of ether oxygens (including phenoxy) is 1. The molecule has 0 amide bonds. The van der Waals surface area contributed by atoms with Gasteiger partial charge in [-0.25, -0.2) is 0 Å². The van der Waals surface area contributed by atoms with Crippen LogP contribution in [0.1, 0.15) is 66.2 Å². The number of rotatable bonds is 13. The highest BCUT2D eigenvalue weighted by Gasteiger charge is 2.13. The molecule has 3 rings (SSSR count). The van der Waals surface area contributed by atoms with Crippen LogP contribution in [-0.4, -0.2) is 19.2 Å². The van der Waals surface area contributed by atoms with Gasteiger partial charge in [-0.1, -0.05) is 39.0 Å². The molecule has 0 aliphatic rings. The number of unbranched alkanes of at least 4 members (excludes halogenated alkanes) is 5. The number of aldehydes is 2. The monoisotopic (exact) mass is 429 g/mol. The number of carbonyl (C=O) groups excluding carboxylic acids is 2. The molecule has 0 saturated carbocycles. The number of carbonyl (C=O) groups is 2. The second-order valence-corrected chi connectivity index (χ2v) is 7.86. The van der Waals surface area contributed by atoms with E-state index in [4.69, 9.17) is 4.74 Å². The summed E-state index contributed by atoms with van der Waals surface area (Å²) in [5.74, 6) is 0.856. The molecule has 0 saturated heterocycles. The maximum Gasteiger partial charge on any atom is 0.150 e. The number of hydrogen-bond donors (Lipinski definition) is 0. The lowest BCUT2D eigenvalue weighted by Gasteiger charge is -2.25. The van der Waals surface area contributed by atoms with Crippen LogP contribution in [0.5, 0.6) is 5.75 Å². The van der Waals surface area contributed by atoms with E-state index in [2.05, 4.69) is 11.8 Å². The van der Waals surface area contributed by atoms with Crippen molar-refractivity contribution in [1.29, 1.82) is 0 Å². The van der Waals surface area contributed by atoms with Crippen molar-refractivity contribution in [3.8, 4) is 5.75 Å². The van der Waals surface area contributed by atoms with Crippen molar-refractivity contribution < 1.29 is 14.3 Å². The van der Waals surface area contributed by atoms with Crippen molar-refractivity contribution in [1.82, 2.24) is 0 Å². The smallest absolute Gasteiger partial charge is 0.150 e. The summed E-state index contributed by atoms with van der Waals surface area (Å²) in [6.07, 6.45) is 9.12. The van der Waals surface area contributed by atoms with Crippen LogP contribution in [0.15, 0.2) is 72.8 Å². The number of anilines is 3. The molecule has 0 N–H and O–H groups in total. The fraction of sp³-hybridized carbons (Fsp3) is 0.286. The minimum Gasteiger partial charge on any atom is -0.494 e. The molecular weight excluding hydrogens is 398 g/mol. The van der Waals surface area contributed by atoms with E-state index in [0.29, 0.717) is 11.1 Å². The zero-order valence-electron chi connectivity index (χ0n) is 18.7. The molecule has 4 nitrogen and oxygen atoms in total. The molecule has 4 heteroatoms. The second kappa shape index (κ2) is 12.5. The molecule has 32 heavy (non-hydrogen) atoms. The van der Waals surface area contributed by atoms with Crippen molar-refractivity contribution in [3.63, 3.8) is 0 Å². The highest BCUT2D eigenvalue weighted by atomic mass is 16.5. The molecular formula is C28H31NO3. The fourth-order valence-electron chi connectivity index (χ4n) is 3.61. The molecule has 0 heterocycles. The van der Waals surface area contributed by atoms with Gasteiger partial charge in [-0.3, -0.25) is 9.59 Å². The van der Waals surface area contributed by atoms with E-state index in [-0.39, 0.29) is 0 Å². The van der Waals surface area contributed by atoms with Gasteiger partial charge >= 0.3 is 0 Å². The van der Waals surface area contributed by atoms with Gasteiger partial charge in [-0.2, -0.15) is 0 Å². The van der Waals surface area contributed by atoms with E-state index in [1.165, 1.54) is 32.1 Å². The summed E-state index contributed by atoms with van der Waals surface area (Å²) in [6.45, 7) is 2.96. The lowest BCUT2D eigenvalue weighted by Crippen LogP contribution is -2.10. The Morgan fingerprint density at radius 1 is 0.625 bits per heavy atom. The SMILES string of the molecule is CCCCCCCCOc1ccc(N(c2ccc(C=O)cc2)c2ccc(C=O)cc2)cc1. The van der Waals surface area contributed by atoms with Crippen LogP contribution >= 0.6 is 0 Å². The zero-order chi connectivity index (χ0) is 22.6. The largest absolute Gasteiger partial charge is 0.494 e. The van der Waals surface area contributed by atoms with E-state index >= 15 is 0 Å². The Morgan fingerprint density at radius 2 is 1.06 bits per heavy atom. The predicted octanol–water partition coefficient (Wildman–Crippen LogP) is 7.52. The third-order valence-electron chi connectivity index (χ3n) is 5.44. The Hall–Kier alpha value is -3.40. The van der Waals surface area contributed by atoms with Crippen molar-refractivity contribution in [2.75, 3.05) is 11.5 Å². The van der Waals surface area contributed by atoms with Crippen molar-refractivity contribution in [2.45, 2.75) is 45.4 Å². The normalized spacial score (nSPS) is 10.5. The maximum absolute atomic E-state index is 11.0. The molecule has 0 aliphatic heterocycles. The molecule has 0 atom stereocenters. The molecule has 0 fully saturated rings. The summed E-state index contributed by atoms with van der Waals surface area (Å²) in [5.41, 5.74) is 4.08. The first-order valence-corrected chi connectivity index (χ1v) is 11.4. The van der Waals surface area contributed by atoms with Gasteiger partial charge in [-0.15, -0.1) is 0 Å². The minimum atomic E-state index is 0.628. The molecule has 0 unspecified atom stereocenters. The average Bonchev–Trinajstić information content (AvgIpc) is 2.85. The van der Waals surface area contributed by atoms with E-state index < -0.39 is 0 Å². The molecule has 0 bridgehead atoms. The molecule has 0 radical (unpaired) electrons. The van der Waals surface area contributed by atoms with Gasteiger partial charge < -0.3 is 9.64 Å². The lowest BCUT2D eigenvalue weighted by atomic mass is 10.1. The summed E-state index contributed by atoms with van der Waals surface area (Å²) >= 11 is 0. The Labute approximate surface area is 190 Å². The van der Waals surface area contributed by atoms with E-state index in [9.17, 15) is 9.59 Å². The Balaban J connectivity index is 1.72. The quantitative estimate of drug-likeness (QED) is 0.208. The van der Waals surface area contributed by atoms with Crippen LogP contribution in [0.2, 0.25) is 0 Å². The molecule has 3 aromatic rings. The second-order valence-electron chi connectivity index (χ2n) is 7.86. The van der Waals surface area contributed by atoms with Crippen LogP contribution in [0, 0.1) is 0 Å². The molecule has 0 spiro atoms. The third kappa shape index (κ3) is 6.55. The summed E-state index contributed by atoms with van der Waals surface area (Å²) in [4.78, 5) is 24.2. The van der Waals surface area contributed by atoms with E-state index in [1.54, 1.807) is 24.3 Å². The van der Waals surface area contributed by atoms with Gasteiger partial charge in [0.25, 0.3) is 0 Å². The highest BCUT2D eigenvalue weighted by Crippen LogP contribution is 2.35. The Morgan fingerprint density at radius 3 is 1.53 bits per heavy atom. The Kier molecular flexibility index (Phi) is 9.05. The van der Waals surface area contributed by atoms with Gasteiger partial charge in [0.05, 0.1) is 6.61 Å². The minimum absolute atomic E-state index is 0.628. The van der Waals surface area contributed by atoms with Gasteiger partial charge in [-0.05, 0) is 79.2 Å². The topological polar surface area (TPSA) is 46.6 Å². The zero-order valence-corrected chi connectivity index (χ0v) is 18.7. The first-order valence-electron chi connectivity index (χ1n) is 11.4. The summed E-state index contributed by atoms with van der Waals surface area (Å²) in [5, 5.41) is 0. The van der Waals surface area contributed by atoms with E-state index in [1.807, 2.05) is 48.5 Å². The molecule has 0 aromatic heterocycles. The van der Waals surface area contributed by atoms with E-state index in [0.717, 1.165) is 48.4 Å². The number of benzene rings is 3. The highest BCUT2D eigenvalue weighted by molar-refractivity contribution is 5.82. The first kappa shape index (κ1) is 23.3. The van der Waals surface area contributed by atoms with Gasteiger partial charge in [0, 0.05) is 28.2 Å². The maximum atomic E-state index is 11.0. The first-order chi connectivity index (χ1) is 15.7. The fourth-order valence-corrected chi connectivity index (χ4v) is 3.61. The predicted molar refractivity (Wildman–Crippen MR) is 131 cm³/mol. The standard InChI is InChI=1S/C28H31NO3/c1-2-3-4-5-6-7-20-32-28-18-16-27(17-19-28)29(25-12-8-23(21-30)9-13-25)26-14-10-24(22-31)11-15-26/h8-19,21-22H,2-7,20H2,1H3. The van der Waals surface area contributed by atoms with Crippen molar-refractivity contribution >= 4 is 29.6 Å². The summed E-state index contributed by atoms with van der Waals surface area (Å²) in [7, 11) is 0. The van der Waals surface area contributed by atoms with Crippen LogP contribution in [0.25, 0.3) is 0 Å². The van der Waals surface area contributed by atoms with Crippen LogP contribution < -0.4 is 9.64 Å². The van der Waals surface area contributed by atoms with Gasteiger partial charge in [0.15, 0.2) is 0 Å². The average molecular weight is 430 g/mol. The van der Waals surface area contributed by atoms with Crippen molar-refractivity contribution in [3.05, 3.63) is 83.9 Å². The number of nitrogens with zero attached hydrogens (tertiary/aromatic N) is 1. The lowest BCUT2D eigenvalue weighted by molar-refractivity contribution is 0.111. The molecule has 3 aromatic carbocycles. The summed E-state index contributed by atoms with van der Waals surface area (Å²) in [6, 6.07) is 22.9. The van der Waals surface area contributed by atoms with Crippen LogP contribution in [0.4, 0.5) is 17.1 Å². The van der Waals surface area contributed by atoms with Gasteiger partial charge in [0.1, 0.15) is 18.3 Å². The molecule has 0 aliphatic carbocycles. The Bertz CT molecular complexity index is 912. The molecule has 166 valence electrons.